The van der Waals surface area contributed by atoms with Crippen LogP contribution in [0.1, 0.15) is 271 Å². The molecule has 11 nitrogen and oxygen atoms in total. The van der Waals surface area contributed by atoms with E-state index in [2.05, 4.69) is 74.7 Å². The number of hydrogen-bond acceptors (Lipinski definition) is 10. The molecule has 0 aliphatic carbocycles. The highest BCUT2D eigenvalue weighted by atomic mass is 16.7. The number of hydrogen-bond donors (Lipinski definition) is 6. The molecular formula is C66H117NO10. The molecule has 0 aromatic carbocycles. The first-order valence-electron chi connectivity index (χ1n) is 31.7. The van der Waals surface area contributed by atoms with Crippen LogP contribution in [0.15, 0.2) is 72.9 Å². The van der Waals surface area contributed by atoms with Gasteiger partial charge in [0.15, 0.2) is 12.4 Å². The molecule has 1 aliphatic rings. The van der Waals surface area contributed by atoms with Crippen molar-refractivity contribution in [1.82, 2.24) is 5.32 Å². The van der Waals surface area contributed by atoms with Crippen molar-refractivity contribution in [2.75, 3.05) is 13.2 Å². The van der Waals surface area contributed by atoms with E-state index < -0.39 is 67.4 Å². The second-order valence-corrected chi connectivity index (χ2v) is 21.8. The lowest BCUT2D eigenvalue weighted by molar-refractivity contribution is -0.305. The molecule has 0 aromatic heterocycles. The lowest BCUT2D eigenvalue weighted by atomic mass is 9.99. The number of amides is 1. The van der Waals surface area contributed by atoms with Crippen LogP contribution in [0.5, 0.6) is 0 Å². The number of aliphatic hydroxyl groups is 5. The predicted molar refractivity (Wildman–Crippen MR) is 319 cm³/mol. The van der Waals surface area contributed by atoms with Gasteiger partial charge in [-0.15, -0.1) is 0 Å². The molecule has 0 saturated carbocycles. The van der Waals surface area contributed by atoms with E-state index in [1.165, 1.54) is 148 Å². The first-order valence-corrected chi connectivity index (χ1v) is 31.7. The number of ether oxygens (including phenoxy) is 3. The maximum absolute atomic E-state index is 13.4. The van der Waals surface area contributed by atoms with Crippen LogP contribution in [0, 0.1) is 0 Å². The summed E-state index contributed by atoms with van der Waals surface area (Å²) in [6, 6.07) is -1.05. The SMILES string of the molecule is CC/C=C\C/C=C\C/C=C\C/C=C\C/C=C\CCC(O)C(=O)NC(COC1OC(CO)C(O)C(O)C1OC(=O)CCCCCCCCCCCCCCCCCCCCCCC)C(O)/C=C/CCCCCCCCCCC. The van der Waals surface area contributed by atoms with E-state index >= 15 is 0 Å². The van der Waals surface area contributed by atoms with Crippen LogP contribution < -0.4 is 5.32 Å². The number of aliphatic hydroxyl groups excluding tert-OH is 5. The maximum atomic E-state index is 13.4. The summed E-state index contributed by atoms with van der Waals surface area (Å²) in [5, 5.41) is 56.9. The molecule has 8 unspecified atom stereocenters. The predicted octanol–water partition coefficient (Wildman–Crippen LogP) is 15.2. The van der Waals surface area contributed by atoms with E-state index in [0.29, 0.717) is 12.8 Å². The smallest absolute Gasteiger partial charge is 0.306 e. The summed E-state index contributed by atoms with van der Waals surface area (Å²) < 4.78 is 17.6. The van der Waals surface area contributed by atoms with Crippen molar-refractivity contribution in [3.05, 3.63) is 72.9 Å². The Balaban J connectivity index is 2.66. The van der Waals surface area contributed by atoms with Gasteiger partial charge < -0.3 is 45.1 Å². The zero-order valence-electron chi connectivity index (χ0n) is 49.3. The van der Waals surface area contributed by atoms with Crippen molar-refractivity contribution in [2.24, 2.45) is 0 Å². The van der Waals surface area contributed by atoms with Gasteiger partial charge in [0.05, 0.1) is 25.4 Å². The van der Waals surface area contributed by atoms with Gasteiger partial charge in [-0.2, -0.15) is 0 Å². The Labute approximate surface area is 471 Å². The topological polar surface area (TPSA) is 175 Å². The van der Waals surface area contributed by atoms with Crippen LogP contribution in [-0.4, -0.2) is 99.6 Å². The summed E-state index contributed by atoms with van der Waals surface area (Å²) in [4.78, 5) is 26.5. The van der Waals surface area contributed by atoms with E-state index in [9.17, 15) is 35.1 Å². The minimum atomic E-state index is -1.62. The summed E-state index contributed by atoms with van der Waals surface area (Å²) in [5.74, 6) is -1.25. The van der Waals surface area contributed by atoms with E-state index in [4.69, 9.17) is 14.2 Å². The summed E-state index contributed by atoms with van der Waals surface area (Å²) in [6.45, 7) is 5.65. The molecule has 1 fully saturated rings. The van der Waals surface area contributed by atoms with Crippen LogP contribution in [0.4, 0.5) is 0 Å². The summed E-state index contributed by atoms with van der Waals surface area (Å²) in [7, 11) is 0. The third-order valence-corrected chi connectivity index (χ3v) is 14.6. The standard InChI is InChI=1S/C66H117NO10/c1-4-7-10-13-16-19-22-24-26-28-29-30-31-32-34-36-39-42-45-48-51-54-61(71)77-64-63(73)62(72)60(55-68)76-66(64)75-56-57(58(69)52-49-46-43-40-37-21-18-15-12-9-6-3)67-65(74)59(70)53-50-47-44-41-38-35-33-27-25-23-20-17-14-11-8-5-2/h8,11,17,20,25,27,35,38,44,47,49,52,57-60,62-64,66,68-70,72-73H,4-7,9-10,12-16,18-19,21-24,26,28-34,36-37,39-43,45-46,48,50-51,53-56H2,1-3H3,(H,67,74)/b11-8-,20-17-,27-25-,38-35-,47-44-,52-49+. The number of carbonyl (C=O) groups excluding carboxylic acids is 2. The highest BCUT2D eigenvalue weighted by Crippen LogP contribution is 2.26. The van der Waals surface area contributed by atoms with Gasteiger partial charge in [-0.1, -0.05) is 273 Å². The van der Waals surface area contributed by atoms with Gasteiger partial charge in [0.2, 0.25) is 5.91 Å². The van der Waals surface area contributed by atoms with Gasteiger partial charge in [-0.25, -0.2) is 0 Å². The minimum absolute atomic E-state index is 0.118. The van der Waals surface area contributed by atoms with E-state index in [-0.39, 0.29) is 19.4 Å². The Kier molecular flexibility index (Phi) is 50.3. The summed E-state index contributed by atoms with van der Waals surface area (Å²) in [5.41, 5.74) is 0. The Bertz CT molecular complexity index is 1530. The van der Waals surface area contributed by atoms with Gasteiger partial charge in [0.1, 0.15) is 24.4 Å². The van der Waals surface area contributed by atoms with Crippen molar-refractivity contribution in [3.63, 3.8) is 0 Å². The molecule has 0 spiro atoms. The average Bonchev–Trinajstić information content (AvgIpc) is 3.43. The normalized spacial score (nSPS) is 19.5. The van der Waals surface area contributed by atoms with Gasteiger partial charge in [0.25, 0.3) is 0 Å². The Morgan fingerprint density at radius 1 is 0.519 bits per heavy atom. The molecule has 8 atom stereocenters. The molecule has 0 radical (unpaired) electrons. The zero-order valence-corrected chi connectivity index (χ0v) is 49.3. The Morgan fingerprint density at radius 3 is 1.38 bits per heavy atom. The largest absolute Gasteiger partial charge is 0.454 e. The molecule has 1 saturated heterocycles. The fourth-order valence-electron chi connectivity index (χ4n) is 9.63. The van der Waals surface area contributed by atoms with Crippen LogP contribution in [0.2, 0.25) is 0 Å². The van der Waals surface area contributed by atoms with Gasteiger partial charge in [-0.3, -0.25) is 9.59 Å². The maximum Gasteiger partial charge on any atom is 0.306 e. The van der Waals surface area contributed by atoms with Crippen molar-refractivity contribution < 1.29 is 49.3 Å². The zero-order chi connectivity index (χ0) is 56.1. The number of unbranched alkanes of at least 4 members (excludes halogenated alkanes) is 29. The molecule has 1 rings (SSSR count). The molecule has 0 aromatic rings. The third kappa shape index (κ3) is 41.7. The van der Waals surface area contributed by atoms with Gasteiger partial charge in [-0.05, 0) is 64.2 Å². The second-order valence-electron chi connectivity index (χ2n) is 21.8. The van der Waals surface area contributed by atoms with Crippen molar-refractivity contribution in [1.29, 1.82) is 0 Å². The number of nitrogens with one attached hydrogen (secondary N) is 1. The van der Waals surface area contributed by atoms with Gasteiger partial charge >= 0.3 is 5.97 Å². The van der Waals surface area contributed by atoms with E-state index in [1.54, 1.807) is 6.08 Å². The fraction of sp³-hybridized carbons (Fsp3) is 0.788. The van der Waals surface area contributed by atoms with Crippen molar-refractivity contribution in [2.45, 2.75) is 320 Å². The van der Waals surface area contributed by atoms with Gasteiger partial charge in [0, 0.05) is 6.42 Å². The summed E-state index contributed by atoms with van der Waals surface area (Å²) in [6.07, 6.45) is 58.2. The van der Waals surface area contributed by atoms with Crippen LogP contribution in [0.25, 0.3) is 0 Å². The first kappa shape index (κ1) is 72.1. The Hall–Kier alpha value is -2.90. The van der Waals surface area contributed by atoms with E-state index in [0.717, 1.165) is 77.0 Å². The fourth-order valence-corrected chi connectivity index (χ4v) is 9.63. The molecule has 1 amide bonds. The van der Waals surface area contributed by atoms with Crippen molar-refractivity contribution >= 4 is 11.9 Å². The first-order chi connectivity index (χ1) is 37.7. The lowest BCUT2D eigenvalue weighted by Gasteiger charge is -2.41. The molecular weight excluding hydrogens is 967 g/mol. The number of esters is 1. The number of allylic oxidation sites excluding steroid dienone is 11. The van der Waals surface area contributed by atoms with Crippen molar-refractivity contribution in [3.8, 4) is 0 Å². The van der Waals surface area contributed by atoms with Crippen LogP contribution in [0.3, 0.4) is 0 Å². The number of carbonyl (C=O) groups is 2. The summed E-state index contributed by atoms with van der Waals surface area (Å²) >= 11 is 0. The minimum Gasteiger partial charge on any atom is -0.454 e. The average molecular weight is 1080 g/mol. The second kappa shape index (κ2) is 53.7. The molecule has 77 heavy (non-hydrogen) atoms. The Morgan fingerprint density at radius 2 is 0.935 bits per heavy atom. The monoisotopic (exact) mass is 1080 g/mol. The molecule has 11 heteroatoms. The third-order valence-electron chi connectivity index (χ3n) is 14.6. The quantitative estimate of drug-likeness (QED) is 0.0195. The molecule has 1 aliphatic heterocycles. The molecule has 446 valence electrons. The lowest BCUT2D eigenvalue weighted by Crippen LogP contribution is -2.61. The highest BCUT2D eigenvalue weighted by molar-refractivity contribution is 5.80. The molecule has 0 bridgehead atoms. The van der Waals surface area contributed by atoms with Crippen LogP contribution in [-0.2, 0) is 23.8 Å². The van der Waals surface area contributed by atoms with E-state index in [1.807, 2.05) is 18.2 Å². The number of rotatable bonds is 53. The molecule has 6 N–H and O–H groups in total. The highest BCUT2D eigenvalue weighted by Gasteiger charge is 2.47. The molecule has 1 heterocycles. The van der Waals surface area contributed by atoms with Crippen LogP contribution >= 0.6 is 0 Å².